The third kappa shape index (κ3) is 5.38. The molecule has 3 aromatic heterocycles. The van der Waals surface area contributed by atoms with E-state index in [2.05, 4.69) is 4.99 Å². The number of halogens is 1. The number of rotatable bonds is 6. The van der Waals surface area contributed by atoms with E-state index in [-0.39, 0.29) is 34.6 Å². The van der Waals surface area contributed by atoms with Gasteiger partial charge in [0.15, 0.2) is 11.1 Å². The fraction of sp³-hybridized carbons (Fsp3) is 0.367. The highest BCUT2D eigenvalue weighted by molar-refractivity contribution is 6.30. The number of aromatic nitrogens is 3. The quantitative estimate of drug-likeness (QED) is 0.234. The van der Waals surface area contributed by atoms with Gasteiger partial charge in [0.05, 0.1) is 12.0 Å². The molecule has 1 aliphatic carbocycles. The van der Waals surface area contributed by atoms with E-state index in [1.54, 1.807) is 74.0 Å². The van der Waals surface area contributed by atoms with E-state index in [1.165, 1.54) is 10.5 Å². The molecule has 1 amide bonds. The van der Waals surface area contributed by atoms with Crippen LogP contribution < -0.4 is 15.8 Å². The van der Waals surface area contributed by atoms with Crippen molar-refractivity contribution in [2.24, 2.45) is 4.99 Å². The van der Waals surface area contributed by atoms with E-state index in [4.69, 9.17) is 26.1 Å². The normalized spacial score (nSPS) is 14.9. The molecule has 0 bridgehead atoms. The molecule has 1 aliphatic rings. The molecule has 40 heavy (non-hydrogen) atoms. The molecule has 0 aliphatic heterocycles. The van der Waals surface area contributed by atoms with Crippen molar-refractivity contribution < 1.29 is 19.1 Å². The molecule has 0 radical (unpaired) electrons. The molecule has 10 heteroatoms. The maximum absolute atomic E-state index is 13.7. The summed E-state index contributed by atoms with van der Waals surface area (Å²) in [5.74, 6) is -0.827. The van der Waals surface area contributed by atoms with Gasteiger partial charge in [0.1, 0.15) is 22.6 Å². The molecule has 3 heterocycles. The number of esters is 1. The van der Waals surface area contributed by atoms with Gasteiger partial charge in [-0.3, -0.25) is 14.0 Å². The van der Waals surface area contributed by atoms with Crippen molar-refractivity contribution in [3.05, 3.63) is 81.2 Å². The van der Waals surface area contributed by atoms with Crippen LogP contribution in [0.4, 0.5) is 0 Å². The lowest BCUT2D eigenvalue weighted by Gasteiger charge is -2.27. The molecule has 9 nitrogen and oxygen atoms in total. The highest BCUT2D eigenvalue weighted by Gasteiger charge is 2.32. The van der Waals surface area contributed by atoms with E-state index in [9.17, 15) is 14.4 Å². The molecule has 0 atom stereocenters. The summed E-state index contributed by atoms with van der Waals surface area (Å²) < 4.78 is 14.6. The summed E-state index contributed by atoms with van der Waals surface area (Å²) in [6.45, 7) is 5.04. The van der Waals surface area contributed by atoms with Crippen LogP contribution in [-0.2, 0) is 9.53 Å². The summed E-state index contributed by atoms with van der Waals surface area (Å²) in [7, 11) is 0. The Balaban J connectivity index is 1.79. The zero-order valence-electron chi connectivity index (χ0n) is 22.7. The largest absolute Gasteiger partial charge is 0.478 e. The summed E-state index contributed by atoms with van der Waals surface area (Å²) in [4.78, 5) is 49.9. The molecule has 1 fully saturated rings. The SMILES string of the molecule is CCOC(=O)c1cc2c(=O)n3ccccc3nc2n(C2CCCCC2)c1=NC(=O)C(C)(C)Oc1ccc(Cl)cc1. The van der Waals surface area contributed by atoms with Crippen molar-refractivity contribution in [3.63, 3.8) is 0 Å². The van der Waals surface area contributed by atoms with Crippen molar-refractivity contribution in [2.45, 2.75) is 64.5 Å². The molecule has 5 rings (SSSR count). The Bertz CT molecular complexity index is 1720. The van der Waals surface area contributed by atoms with Crippen LogP contribution in [0.25, 0.3) is 16.7 Å². The van der Waals surface area contributed by atoms with Crippen LogP contribution in [0.15, 0.2) is 64.5 Å². The fourth-order valence-electron chi connectivity index (χ4n) is 5.07. The van der Waals surface area contributed by atoms with Gasteiger partial charge in [0.2, 0.25) is 0 Å². The summed E-state index contributed by atoms with van der Waals surface area (Å²) in [5.41, 5.74) is -0.723. The molecule has 0 spiro atoms. The first-order valence-corrected chi connectivity index (χ1v) is 13.8. The number of fused-ring (bicyclic) bond motifs is 2. The lowest BCUT2D eigenvalue weighted by atomic mass is 9.94. The predicted molar refractivity (Wildman–Crippen MR) is 152 cm³/mol. The number of carbonyl (C=O) groups is 2. The summed E-state index contributed by atoms with van der Waals surface area (Å²) in [5, 5.41) is 0.793. The van der Waals surface area contributed by atoms with Gasteiger partial charge >= 0.3 is 5.97 Å². The minimum Gasteiger partial charge on any atom is -0.478 e. The highest BCUT2D eigenvalue weighted by atomic mass is 35.5. The second-order valence-corrected chi connectivity index (χ2v) is 10.8. The van der Waals surface area contributed by atoms with Crippen molar-refractivity contribution in [2.75, 3.05) is 6.61 Å². The topological polar surface area (TPSA) is 104 Å². The van der Waals surface area contributed by atoms with Crippen molar-refractivity contribution in [1.82, 2.24) is 14.0 Å². The van der Waals surface area contributed by atoms with Crippen molar-refractivity contribution in [3.8, 4) is 5.75 Å². The molecule has 1 saturated carbocycles. The Morgan fingerprint density at radius 1 is 1.10 bits per heavy atom. The zero-order chi connectivity index (χ0) is 28.4. The third-order valence-corrected chi connectivity index (χ3v) is 7.33. The number of amides is 1. The van der Waals surface area contributed by atoms with Gasteiger partial charge in [-0.15, -0.1) is 0 Å². The Labute approximate surface area is 236 Å². The Morgan fingerprint density at radius 2 is 1.82 bits per heavy atom. The van der Waals surface area contributed by atoms with Gasteiger partial charge in [-0.25, -0.2) is 9.78 Å². The van der Waals surface area contributed by atoms with Crippen LogP contribution in [-0.4, -0.2) is 38.0 Å². The zero-order valence-corrected chi connectivity index (χ0v) is 23.5. The monoisotopic (exact) mass is 562 g/mol. The second kappa shape index (κ2) is 11.3. The standard InChI is InChI=1S/C30H31ClN4O5/c1-4-39-28(37)23-18-22-25(32-24-12-8-9-17-34(24)27(22)36)35(20-10-6-5-7-11-20)26(23)33-29(38)30(2,3)40-21-15-13-19(31)14-16-21/h8-9,12-18,20H,4-7,10-11H2,1-3H3. The van der Waals surface area contributed by atoms with Gasteiger partial charge in [-0.1, -0.05) is 36.9 Å². The average Bonchev–Trinajstić information content (AvgIpc) is 2.94. The summed E-state index contributed by atoms with van der Waals surface area (Å²) >= 11 is 5.99. The molecule has 0 saturated heterocycles. The lowest BCUT2D eigenvalue weighted by Crippen LogP contribution is -2.41. The van der Waals surface area contributed by atoms with E-state index in [0.717, 1.165) is 32.1 Å². The first-order valence-electron chi connectivity index (χ1n) is 13.5. The minimum absolute atomic E-state index is 0.0327. The number of nitrogens with zero attached hydrogens (tertiary/aromatic N) is 4. The molecule has 0 unspecified atom stereocenters. The van der Waals surface area contributed by atoms with Gasteiger partial charge in [-0.05, 0) is 76.1 Å². The van der Waals surface area contributed by atoms with Gasteiger partial charge in [0.25, 0.3) is 11.5 Å². The van der Waals surface area contributed by atoms with Crippen LogP contribution in [0.1, 0.15) is 69.3 Å². The smallest absolute Gasteiger partial charge is 0.341 e. The highest BCUT2D eigenvalue weighted by Crippen LogP contribution is 2.29. The van der Waals surface area contributed by atoms with Gasteiger partial charge < -0.3 is 14.0 Å². The number of ether oxygens (including phenoxy) is 2. The van der Waals surface area contributed by atoms with Crippen LogP contribution in [0.2, 0.25) is 5.02 Å². The van der Waals surface area contributed by atoms with Crippen molar-refractivity contribution >= 4 is 40.2 Å². The molecule has 208 valence electrons. The molecular formula is C30H31ClN4O5. The Hall–Kier alpha value is -3.98. The average molecular weight is 563 g/mol. The third-order valence-electron chi connectivity index (χ3n) is 7.08. The van der Waals surface area contributed by atoms with E-state index < -0.39 is 17.5 Å². The second-order valence-electron chi connectivity index (χ2n) is 10.3. The fourth-order valence-corrected chi connectivity index (χ4v) is 5.20. The maximum Gasteiger partial charge on any atom is 0.341 e. The number of benzene rings is 1. The van der Waals surface area contributed by atoms with E-state index in [1.807, 2.05) is 0 Å². The van der Waals surface area contributed by atoms with Gasteiger partial charge in [0, 0.05) is 17.3 Å². The summed E-state index contributed by atoms with van der Waals surface area (Å²) in [6.07, 6.45) is 6.24. The Kier molecular flexibility index (Phi) is 7.76. The first kappa shape index (κ1) is 27.6. The van der Waals surface area contributed by atoms with Crippen molar-refractivity contribution in [1.29, 1.82) is 0 Å². The van der Waals surface area contributed by atoms with Crippen LogP contribution in [0.3, 0.4) is 0 Å². The predicted octanol–water partition coefficient (Wildman–Crippen LogP) is 5.27. The maximum atomic E-state index is 13.7. The Morgan fingerprint density at radius 3 is 2.52 bits per heavy atom. The number of hydrogen-bond donors (Lipinski definition) is 0. The molecule has 1 aromatic carbocycles. The van der Waals surface area contributed by atoms with Crippen LogP contribution in [0, 0.1) is 0 Å². The number of carbonyl (C=O) groups excluding carboxylic acids is 2. The number of pyridine rings is 2. The van der Waals surface area contributed by atoms with Crippen LogP contribution in [0.5, 0.6) is 5.75 Å². The van der Waals surface area contributed by atoms with Gasteiger partial charge in [-0.2, -0.15) is 4.99 Å². The molecular weight excluding hydrogens is 532 g/mol. The lowest BCUT2D eigenvalue weighted by molar-refractivity contribution is -0.130. The molecule has 0 N–H and O–H groups in total. The van der Waals surface area contributed by atoms with E-state index in [0.29, 0.717) is 22.1 Å². The summed E-state index contributed by atoms with van der Waals surface area (Å²) in [6, 6.07) is 13.3. The minimum atomic E-state index is -1.38. The van der Waals surface area contributed by atoms with E-state index >= 15 is 0 Å². The van der Waals surface area contributed by atoms with Crippen LogP contribution >= 0.6 is 11.6 Å². The molecule has 4 aromatic rings. The number of hydrogen-bond acceptors (Lipinski definition) is 6. The first-order chi connectivity index (χ1) is 19.2.